The van der Waals surface area contributed by atoms with E-state index in [1.54, 1.807) is 0 Å². The highest BCUT2D eigenvalue weighted by molar-refractivity contribution is 8.00. The van der Waals surface area contributed by atoms with Gasteiger partial charge in [0.2, 0.25) is 5.91 Å². The Balaban J connectivity index is 1.30. The quantitative estimate of drug-likeness (QED) is 0.154. The van der Waals surface area contributed by atoms with Crippen LogP contribution in [0.25, 0.3) is 0 Å². The van der Waals surface area contributed by atoms with Gasteiger partial charge in [0.1, 0.15) is 0 Å². The van der Waals surface area contributed by atoms with E-state index >= 15 is 0 Å². The van der Waals surface area contributed by atoms with Gasteiger partial charge in [0.25, 0.3) is 0 Å². The summed E-state index contributed by atoms with van der Waals surface area (Å²) in [6.07, 6.45) is 3.40. The Hall–Kier alpha value is -1.11. The lowest BCUT2D eigenvalue weighted by molar-refractivity contribution is -0.121. The first-order chi connectivity index (χ1) is 15.2. The normalized spacial score (nSPS) is 22.2. The summed E-state index contributed by atoms with van der Waals surface area (Å²) in [6, 6.07) is 0.444. The number of rotatable bonds is 19. The van der Waals surface area contributed by atoms with E-state index in [1.807, 2.05) is 11.8 Å². The highest BCUT2D eigenvalue weighted by atomic mass is 32.2. The van der Waals surface area contributed by atoms with Crippen LogP contribution < -0.4 is 21.7 Å². The van der Waals surface area contributed by atoms with Crippen molar-refractivity contribution in [3.05, 3.63) is 0 Å². The lowest BCUT2D eigenvalue weighted by Crippen LogP contribution is -2.36. The van der Waals surface area contributed by atoms with Gasteiger partial charge in [-0.3, -0.25) is 4.79 Å². The van der Waals surface area contributed by atoms with E-state index in [2.05, 4.69) is 16.0 Å². The topological polar surface area (TPSA) is 133 Å². The Kier molecular flexibility index (Phi) is 13.9. The fourth-order valence-corrected chi connectivity index (χ4v) is 5.01. The molecular weight excluding hydrogens is 424 g/mol. The average molecular weight is 463 g/mol. The van der Waals surface area contributed by atoms with Crippen LogP contribution in [0.15, 0.2) is 0 Å². The fraction of sp³-hybridized carbons (Fsp3) is 0.900. The summed E-state index contributed by atoms with van der Waals surface area (Å²) in [5, 5.41) is 9.27. The SMILES string of the molecule is NCCOCCOCCOCCOCCNC(=O)CCCC[C@@H]1SC[C@H]2NC(=O)N[C@H]12. The van der Waals surface area contributed by atoms with Crippen LogP contribution in [0.4, 0.5) is 4.79 Å². The van der Waals surface area contributed by atoms with Crippen molar-refractivity contribution in [2.24, 2.45) is 5.73 Å². The number of unbranched alkanes of at least 4 members (excludes halogenated alkanes) is 1. The van der Waals surface area contributed by atoms with Crippen molar-refractivity contribution >= 4 is 23.7 Å². The minimum absolute atomic E-state index is 0.0530. The van der Waals surface area contributed by atoms with E-state index in [4.69, 9.17) is 24.7 Å². The van der Waals surface area contributed by atoms with Crippen LogP contribution in [-0.4, -0.2) is 101 Å². The molecule has 5 N–H and O–H groups in total. The third kappa shape index (κ3) is 11.4. The third-order valence-corrected chi connectivity index (χ3v) is 6.54. The Morgan fingerprint density at radius 1 is 0.968 bits per heavy atom. The highest BCUT2D eigenvalue weighted by Crippen LogP contribution is 2.33. The van der Waals surface area contributed by atoms with E-state index in [9.17, 15) is 9.59 Å². The first-order valence-electron chi connectivity index (χ1n) is 11.2. The van der Waals surface area contributed by atoms with Gasteiger partial charge in [-0.1, -0.05) is 6.42 Å². The predicted molar refractivity (Wildman–Crippen MR) is 119 cm³/mol. The largest absolute Gasteiger partial charge is 0.378 e. The highest BCUT2D eigenvalue weighted by Gasteiger charge is 2.42. The van der Waals surface area contributed by atoms with Crippen molar-refractivity contribution in [3.8, 4) is 0 Å². The van der Waals surface area contributed by atoms with E-state index in [-0.39, 0.29) is 24.0 Å². The Morgan fingerprint density at radius 2 is 1.61 bits per heavy atom. The zero-order chi connectivity index (χ0) is 22.2. The molecule has 0 bridgehead atoms. The number of hydrogen-bond acceptors (Lipinski definition) is 8. The van der Waals surface area contributed by atoms with Crippen molar-refractivity contribution in [1.82, 2.24) is 16.0 Å². The van der Waals surface area contributed by atoms with Crippen LogP contribution in [-0.2, 0) is 23.7 Å². The molecule has 31 heavy (non-hydrogen) atoms. The van der Waals surface area contributed by atoms with Gasteiger partial charge in [-0.2, -0.15) is 11.8 Å². The van der Waals surface area contributed by atoms with Crippen molar-refractivity contribution in [2.45, 2.75) is 43.0 Å². The zero-order valence-electron chi connectivity index (χ0n) is 18.3. The summed E-state index contributed by atoms with van der Waals surface area (Å²) < 4.78 is 21.4. The molecule has 3 atom stereocenters. The average Bonchev–Trinajstić information content (AvgIpc) is 3.30. The molecular formula is C20H38N4O6S. The second-order valence-corrected chi connectivity index (χ2v) is 8.73. The van der Waals surface area contributed by atoms with Crippen molar-refractivity contribution in [2.75, 3.05) is 71.7 Å². The van der Waals surface area contributed by atoms with Gasteiger partial charge in [0, 0.05) is 30.5 Å². The maximum atomic E-state index is 11.9. The summed E-state index contributed by atoms with van der Waals surface area (Å²) in [5.41, 5.74) is 5.31. The number of fused-ring (bicyclic) bond motifs is 1. The summed E-state index contributed by atoms with van der Waals surface area (Å²) in [4.78, 5) is 23.3. The van der Waals surface area contributed by atoms with E-state index in [0.29, 0.717) is 77.6 Å². The second-order valence-electron chi connectivity index (χ2n) is 7.46. The monoisotopic (exact) mass is 462 g/mol. The molecule has 180 valence electrons. The minimum atomic E-state index is -0.0530. The zero-order valence-corrected chi connectivity index (χ0v) is 19.1. The van der Waals surface area contributed by atoms with Crippen LogP contribution >= 0.6 is 11.8 Å². The molecule has 2 heterocycles. The molecule has 2 fully saturated rings. The summed E-state index contributed by atoms with van der Waals surface area (Å²) in [7, 11) is 0. The van der Waals surface area contributed by atoms with Gasteiger partial charge in [-0.15, -0.1) is 0 Å². The van der Waals surface area contributed by atoms with Gasteiger partial charge in [-0.05, 0) is 12.8 Å². The van der Waals surface area contributed by atoms with Crippen LogP contribution in [0.3, 0.4) is 0 Å². The number of carbonyl (C=O) groups excluding carboxylic acids is 2. The first-order valence-corrected chi connectivity index (χ1v) is 12.2. The maximum absolute atomic E-state index is 11.9. The van der Waals surface area contributed by atoms with Crippen LogP contribution in [0.1, 0.15) is 25.7 Å². The molecule has 0 aliphatic carbocycles. The maximum Gasteiger partial charge on any atom is 0.315 e. The van der Waals surface area contributed by atoms with E-state index < -0.39 is 0 Å². The van der Waals surface area contributed by atoms with Crippen LogP contribution in [0.5, 0.6) is 0 Å². The molecule has 0 radical (unpaired) electrons. The molecule has 0 aromatic heterocycles. The lowest BCUT2D eigenvalue weighted by atomic mass is 10.0. The van der Waals surface area contributed by atoms with Crippen LogP contribution in [0, 0.1) is 0 Å². The molecule has 2 aliphatic heterocycles. The number of ether oxygens (including phenoxy) is 4. The Morgan fingerprint density at radius 3 is 2.29 bits per heavy atom. The molecule has 10 nitrogen and oxygen atoms in total. The molecule has 0 spiro atoms. The number of nitrogens with one attached hydrogen (secondary N) is 3. The molecule has 0 unspecified atom stereocenters. The van der Waals surface area contributed by atoms with Crippen molar-refractivity contribution in [1.29, 1.82) is 0 Å². The summed E-state index contributed by atoms with van der Waals surface area (Å²) in [5.74, 6) is 1.03. The molecule has 11 heteroatoms. The molecule has 3 amide bonds. The number of urea groups is 1. The standard InChI is InChI=1S/C20H38N4O6S/c21-5-7-27-9-11-29-13-14-30-12-10-28-8-6-22-18(25)4-2-1-3-17-19-16(15-31-17)23-20(26)24-19/h16-17,19H,1-15,21H2,(H,22,25)(H2,23,24,26)/t16-,17+,19+/m1/s1. The second kappa shape index (κ2) is 16.5. The van der Waals surface area contributed by atoms with Gasteiger partial charge in [0.05, 0.1) is 64.9 Å². The first kappa shape index (κ1) is 26.1. The number of nitrogens with two attached hydrogens (primary N) is 1. The van der Waals surface area contributed by atoms with Gasteiger partial charge >= 0.3 is 6.03 Å². The number of carbonyl (C=O) groups is 2. The van der Waals surface area contributed by atoms with Gasteiger partial charge < -0.3 is 40.6 Å². The van der Waals surface area contributed by atoms with E-state index in [1.165, 1.54) is 0 Å². The molecule has 0 saturated carbocycles. The van der Waals surface area contributed by atoms with Crippen molar-refractivity contribution in [3.63, 3.8) is 0 Å². The van der Waals surface area contributed by atoms with Crippen LogP contribution in [0.2, 0.25) is 0 Å². The molecule has 2 aliphatic rings. The Labute approximate surface area is 189 Å². The van der Waals surface area contributed by atoms with Gasteiger partial charge in [-0.25, -0.2) is 4.79 Å². The molecule has 0 aromatic carbocycles. The number of hydrogen-bond donors (Lipinski definition) is 4. The number of thioether (sulfide) groups is 1. The van der Waals surface area contributed by atoms with Crippen molar-refractivity contribution < 1.29 is 28.5 Å². The molecule has 0 aromatic rings. The molecule has 2 saturated heterocycles. The number of amides is 3. The molecule has 2 rings (SSSR count). The predicted octanol–water partition coefficient (Wildman–Crippen LogP) is -0.146. The summed E-state index contributed by atoms with van der Waals surface area (Å²) >= 11 is 1.91. The van der Waals surface area contributed by atoms with Gasteiger partial charge in [0.15, 0.2) is 0 Å². The lowest BCUT2D eigenvalue weighted by Gasteiger charge is -2.16. The summed E-state index contributed by atoms with van der Waals surface area (Å²) in [6.45, 7) is 5.16. The van der Waals surface area contributed by atoms with E-state index in [0.717, 1.165) is 25.0 Å². The smallest absolute Gasteiger partial charge is 0.315 e. The minimum Gasteiger partial charge on any atom is -0.378 e. The Bertz CT molecular complexity index is 516. The fourth-order valence-electron chi connectivity index (χ4n) is 3.47. The third-order valence-electron chi connectivity index (χ3n) is 5.03.